The summed E-state index contributed by atoms with van der Waals surface area (Å²) < 4.78 is 4.25. The molecule has 0 spiro atoms. The van der Waals surface area contributed by atoms with Gasteiger partial charge in [-0.25, -0.2) is 0 Å². The first-order valence-corrected chi connectivity index (χ1v) is 4.50. The molecule has 2 heteroatoms. The lowest BCUT2D eigenvalue weighted by atomic mass is 10.0. The van der Waals surface area contributed by atoms with Gasteiger partial charge in [-0.2, -0.15) is 0 Å². The molecule has 0 atom stereocenters. The number of methoxy groups -OCH3 is 1. The topological polar surface area (TPSA) is 26.3 Å². The van der Waals surface area contributed by atoms with E-state index in [4.69, 9.17) is 0 Å². The van der Waals surface area contributed by atoms with Gasteiger partial charge in [0, 0.05) is 19.8 Å². The second kappa shape index (κ2) is 6.33. The molecule has 0 saturated carbocycles. The zero-order valence-electron chi connectivity index (χ0n) is 9.55. The molecule has 1 aromatic rings. The number of carbonyl (C=O) groups excluding carboxylic acids is 1. The van der Waals surface area contributed by atoms with E-state index in [1.165, 1.54) is 11.1 Å². The Morgan fingerprint density at radius 3 is 1.86 bits per heavy atom. The summed E-state index contributed by atoms with van der Waals surface area (Å²) in [6.07, 6.45) is 0.905. The molecule has 0 aliphatic carbocycles. The van der Waals surface area contributed by atoms with Crippen molar-refractivity contribution < 1.29 is 9.53 Å². The lowest BCUT2D eigenvalue weighted by molar-refractivity contribution is 0.112. The van der Waals surface area contributed by atoms with Gasteiger partial charge in [0.2, 0.25) is 0 Å². The lowest BCUT2D eigenvalue weighted by Gasteiger charge is -2.03. The van der Waals surface area contributed by atoms with Crippen molar-refractivity contribution in [2.45, 2.75) is 20.8 Å². The average molecular weight is 194 g/mol. The summed E-state index contributed by atoms with van der Waals surface area (Å²) >= 11 is 0. The molecule has 0 N–H and O–H groups in total. The van der Waals surface area contributed by atoms with E-state index in [2.05, 4.69) is 11.7 Å². The molecule has 0 aromatic heterocycles. The van der Waals surface area contributed by atoms with Crippen molar-refractivity contribution in [3.05, 3.63) is 34.4 Å². The van der Waals surface area contributed by atoms with Crippen molar-refractivity contribution in [3.63, 3.8) is 0 Å². The summed E-state index contributed by atoms with van der Waals surface area (Å²) in [4.78, 5) is 10.5. The van der Waals surface area contributed by atoms with Crippen molar-refractivity contribution in [3.8, 4) is 0 Å². The SMILES string of the molecule is COC.Cc1cc(C)c(C=O)cc1C. The lowest BCUT2D eigenvalue weighted by Crippen LogP contribution is -1.90. The maximum atomic E-state index is 10.5. The van der Waals surface area contributed by atoms with E-state index in [9.17, 15) is 4.79 Å². The van der Waals surface area contributed by atoms with E-state index >= 15 is 0 Å². The van der Waals surface area contributed by atoms with E-state index in [0.29, 0.717) is 0 Å². The number of ether oxygens (including phenoxy) is 1. The van der Waals surface area contributed by atoms with Crippen LogP contribution in [0.3, 0.4) is 0 Å². The third-order valence-corrected chi connectivity index (χ3v) is 2.01. The number of hydrogen-bond donors (Lipinski definition) is 0. The second-order valence-electron chi connectivity index (χ2n) is 3.32. The van der Waals surface area contributed by atoms with Gasteiger partial charge in [0.05, 0.1) is 0 Å². The van der Waals surface area contributed by atoms with E-state index in [1.54, 1.807) is 14.2 Å². The summed E-state index contributed by atoms with van der Waals surface area (Å²) in [7, 11) is 3.25. The summed E-state index contributed by atoms with van der Waals surface area (Å²) in [5, 5.41) is 0. The minimum atomic E-state index is 0.799. The number of aryl methyl sites for hydroxylation is 3. The minimum Gasteiger partial charge on any atom is -0.388 e. The smallest absolute Gasteiger partial charge is 0.150 e. The Hall–Kier alpha value is -1.15. The van der Waals surface area contributed by atoms with Gasteiger partial charge in [-0.05, 0) is 43.5 Å². The van der Waals surface area contributed by atoms with Gasteiger partial charge >= 0.3 is 0 Å². The van der Waals surface area contributed by atoms with Crippen LogP contribution in [0.15, 0.2) is 12.1 Å². The van der Waals surface area contributed by atoms with Crippen LogP contribution < -0.4 is 0 Å². The molecule has 14 heavy (non-hydrogen) atoms. The minimum absolute atomic E-state index is 0.799. The highest BCUT2D eigenvalue weighted by molar-refractivity contribution is 5.77. The maximum absolute atomic E-state index is 10.5. The monoisotopic (exact) mass is 194 g/mol. The summed E-state index contributed by atoms with van der Waals surface area (Å²) in [6, 6.07) is 3.97. The molecular formula is C12H18O2. The summed E-state index contributed by atoms with van der Waals surface area (Å²) in [5.74, 6) is 0. The van der Waals surface area contributed by atoms with Crippen LogP contribution in [0.5, 0.6) is 0 Å². The van der Waals surface area contributed by atoms with Crippen molar-refractivity contribution >= 4 is 6.29 Å². The van der Waals surface area contributed by atoms with E-state index < -0.39 is 0 Å². The Morgan fingerprint density at radius 1 is 1.00 bits per heavy atom. The molecule has 0 fully saturated rings. The van der Waals surface area contributed by atoms with Gasteiger partial charge in [0.1, 0.15) is 6.29 Å². The highest BCUT2D eigenvalue weighted by Crippen LogP contribution is 2.12. The summed E-state index contributed by atoms with van der Waals surface area (Å²) in [5.41, 5.74) is 4.28. The highest BCUT2D eigenvalue weighted by Gasteiger charge is 1.98. The number of benzene rings is 1. The van der Waals surface area contributed by atoms with Crippen LogP contribution in [0.4, 0.5) is 0 Å². The van der Waals surface area contributed by atoms with Crippen molar-refractivity contribution in [1.82, 2.24) is 0 Å². The van der Waals surface area contributed by atoms with Gasteiger partial charge in [-0.1, -0.05) is 6.07 Å². The fourth-order valence-electron chi connectivity index (χ4n) is 1.11. The molecule has 0 radical (unpaired) electrons. The van der Waals surface area contributed by atoms with Gasteiger partial charge < -0.3 is 4.74 Å². The molecular weight excluding hydrogens is 176 g/mol. The van der Waals surface area contributed by atoms with Gasteiger partial charge in [-0.3, -0.25) is 4.79 Å². The van der Waals surface area contributed by atoms with Crippen LogP contribution in [-0.2, 0) is 4.74 Å². The Labute approximate surface area is 85.9 Å². The normalized spacial score (nSPS) is 8.93. The number of rotatable bonds is 1. The van der Waals surface area contributed by atoms with Gasteiger partial charge in [-0.15, -0.1) is 0 Å². The fourth-order valence-corrected chi connectivity index (χ4v) is 1.11. The van der Waals surface area contributed by atoms with E-state index in [0.717, 1.165) is 17.4 Å². The number of aldehydes is 1. The highest BCUT2D eigenvalue weighted by atomic mass is 16.4. The fraction of sp³-hybridized carbons (Fsp3) is 0.417. The quantitative estimate of drug-likeness (QED) is 0.642. The van der Waals surface area contributed by atoms with Gasteiger partial charge in [0.25, 0.3) is 0 Å². The predicted molar refractivity (Wildman–Crippen MR) is 59.0 cm³/mol. The number of hydrogen-bond acceptors (Lipinski definition) is 2. The summed E-state index contributed by atoms with van der Waals surface area (Å²) in [6.45, 7) is 6.02. The van der Waals surface area contributed by atoms with Crippen molar-refractivity contribution in [1.29, 1.82) is 0 Å². The third-order valence-electron chi connectivity index (χ3n) is 2.01. The zero-order valence-corrected chi connectivity index (χ0v) is 9.55. The van der Waals surface area contributed by atoms with Crippen molar-refractivity contribution in [2.24, 2.45) is 0 Å². The predicted octanol–water partition coefficient (Wildman–Crippen LogP) is 2.69. The number of carbonyl (C=O) groups is 1. The van der Waals surface area contributed by atoms with E-state index in [-0.39, 0.29) is 0 Å². The molecule has 0 bridgehead atoms. The molecule has 0 heterocycles. The third kappa shape index (κ3) is 3.71. The Balaban J connectivity index is 0.000000500. The van der Waals surface area contributed by atoms with E-state index in [1.807, 2.05) is 26.0 Å². The van der Waals surface area contributed by atoms with Crippen LogP contribution in [-0.4, -0.2) is 20.5 Å². The Bertz CT molecular complexity index is 303. The first-order valence-electron chi connectivity index (χ1n) is 4.50. The maximum Gasteiger partial charge on any atom is 0.150 e. The molecule has 0 saturated heterocycles. The van der Waals surface area contributed by atoms with Gasteiger partial charge in [0.15, 0.2) is 0 Å². The Morgan fingerprint density at radius 2 is 1.43 bits per heavy atom. The first kappa shape index (κ1) is 12.8. The van der Waals surface area contributed by atoms with Crippen molar-refractivity contribution in [2.75, 3.05) is 14.2 Å². The van der Waals surface area contributed by atoms with Crippen LogP contribution in [0.2, 0.25) is 0 Å². The van der Waals surface area contributed by atoms with Crippen LogP contribution >= 0.6 is 0 Å². The Kier molecular flexibility index (Phi) is 5.81. The van der Waals surface area contributed by atoms with Crippen LogP contribution in [0.1, 0.15) is 27.0 Å². The molecule has 0 aliphatic heterocycles. The molecule has 1 aromatic carbocycles. The standard InChI is InChI=1S/C10H12O.C2H6O/c1-7-4-9(3)10(6-11)5-8(7)2;1-3-2/h4-6H,1-3H3;1-2H3. The molecule has 0 aliphatic rings. The van der Waals surface area contributed by atoms with Crippen LogP contribution in [0.25, 0.3) is 0 Å². The molecule has 2 nitrogen and oxygen atoms in total. The molecule has 0 amide bonds. The zero-order chi connectivity index (χ0) is 11.1. The average Bonchev–Trinajstić information content (AvgIpc) is 2.12. The molecule has 1 rings (SSSR count). The molecule has 78 valence electrons. The van der Waals surface area contributed by atoms with Crippen LogP contribution in [0, 0.1) is 20.8 Å². The first-order chi connectivity index (χ1) is 6.56. The molecule has 0 unspecified atom stereocenters. The largest absolute Gasteiger partial charge is 0.388 e. The second-order valence-corrected chi connectivity index (χ2v) is 3.32.